The standard InChI is InChI=1S/C28H26O3/c1-4-8-22(6-3)25-16-14-23-18-21(13-15-26(23)27(25)29)12-11-20-9-7-10-24(19-20)28(30)31-17-5-2/h4-10,13,15-16,18-19H,1-3,11-12,14,17H2/b22-8+. The van der Waals surface area contributed by atoms with Crippen LogP contribution in [0.3, 0.4) is 0 Å². The van der Waals surface area contributed by atoms with Gasteiger partial charge in [-0.25, -0.2) is 4.79 Å². The third-order valence-corrected chi connectivity index (χ3v) is 5.21. The summed E-state index contributed by atoms with van der Waals surface area (Å²) in [5.41, 5.74) is 6.01. The van der Waals surface area contributed by atoms with Gasteiger partial charge in [-0.2, -0.15) is 0 Å². The second-order valence-electron chi connectivity index (χ2n) is 7.29. The first-order valence-electron chi connectivity index (χ1n) is 10.3. The molecule has 0 amide bonds. The lowest BCUT2D eigenvalue weighted by molar-refractivity contribution is 0.0549. The molecule has 0 heterocycles. The number of rotatable bonds is 9. The third-order valence-electron chi connectivity index (χ3n) is 5.21. The van der Waals surface area contributed by atoms with E-state index in [1.165, 1.54) is 0 Å². The van der Waals surface area contributed by atoms with Gasteiger partial charge in [-0.3, -0.25) is 4.79 Å². The third kappa shape index (κ3) is 5.26. The molecular weight excluding hydrogens is 384 g/mol. The molecule has 0 bridgehead atoms. The van der Waals surface area contributed by atoms with Gasteiger partial charge in [0.2, 0.25) is 0 Å². The van der Waals surface area contributed by atoms with Gasteiger partial charge in [0.15, 0.2) is 5.78 Å². The van der Waals surface area contributed by atoms with E-state index in [-0.39, 0.29) is 18.4 Å². The molecule has 0 saturated heterocycles. The van der Waals surface area contributed by atoms with Crippen LogP contribution in [0.25, 0.3) is 0 Å². The zero-order valence-electron chi connectivity index (χ0n) is 17.6. The molecule has 0 spiro atoms. The summed E-state index contributed by atoms with van der Waals surface area (Å²) in [5.74, 6) is -0.326. The van der Waals surface area contributed by atoms with Gasteiger partial charge in [0.25, 0.3) is 0 Å². The molecule has 2 aromatic rings. The van der Waals surface area contributed by atoms with Gasteiger partial charge in [0.05, 0.1) is 5.56 Å². The Balaban J connectivity index is 1.71. The largest absolute Gasteiger partial charge is 0.458 e. The fourth-order valence-electron chi connectivity index (χ4n) is 3.65. The Morgan fingerprint density at radius 3 is 2.52 bits per heavy atom. The van der Waals surface area contributed by atoms with Crippen molar-refractivity contribution in [2.24, 2.45) is 0 Å². The number of carbonyl (C=O) groups is 2. The number of fused-ring (bicyclic) bond motifs is 1. The molecule has 1 aliphatic rings. The van der Waals surface area contributed by atoms with Crippen molar-refractivity contribution in [1.29, 1.82) is 0 Å². The van der Waals surface area contributed by atoms with E-state index in [0.717, 1.165) is 40.7 Å². The predicted octanol–water partition coefficient (Wildman–Crippen LogP) is 5.78. The van der Waals surface area contributed by atoms with Crippen molar-refractivity contribution in [3.05, 3.63) is 132 Å². The molecule has 3 nitrogen and oxygen atoms in total. The number of ketones is 1. The number of ether oxygens (including phenoxy) is 1. The maximum atomic E-state index is 12.9. The monoisotopic (exact) mass is 410 g/mol. The first kappa shape index (κ1) is 22.0. The maximum absolute atomic E-state index is 12.9. The Labute approximate surface area is 183 Å². The molecular formula is C28H26O3. The van der Waals surface area contributed by atoms with Crippen LogP contribution in [0.15, 0.2) is 104 Å². The molecule has 0 unspecified atom stereocenters. The number of Topliss-reactive ketones (excluding diaryl/α,β-unsaturated/α-hetero) is 1. The van der Waals surface area contributed by atoms with E-state index >= 15 is 0 Å². The van der Waals surface area contributed by atoms with E-state index in [4.69, 9.17) is 4.74 Å². The first-order valence-corrected chi connectivity index (χ1v) is 10.3. The predicted molar refractivity (Wildman–Crippen MR) is 125 cm³/mol. The Bertz CT molecular complexity index is 1100. The maximum Gasteiger partial charge on any atom is 0.338 e. The quantitative estimate of drug-likeness (QED) is 0.299. The van der Waals surface area contributed by atoms with Crippen molar-refractivity contribution in [2.75, 3.05) is 6.61 Å². The van der Waals surface area contributed by atoms with Crippen molar-refractivity contribution < 1.29 is 14.3 Å². The molecule has 156 valence electrons. The zero-order chi connectivity index (χ0) is 22.2. The molecule has 0 radical (unpaired) electrons. The fraction of sp³-hybridized carbons (Fsp3) is 0.143. The highest BCUT2D eigenvalue weighted by molar-refractivity contribution is 6.14. The van der Waals surface area contributed by atoms with E-state index in [9.17, 15) is 9.59 Å². The Kier molecular flexibility index (Phi) is 7.34. The van der Waals surface area contributed by atoms with Crippen LogP contribution in [0.5, 0.6) is 0 Å². The second-order valence-corrected chi connectivity index (χ2v) is 7.29. The molecule has 0 saturated carbocycles. The minimum atomic E-state index is -0.346. The summed E-state index contributed by atoms with van der Waals surface area (Å²) in [6, 6.07) is 13.5. The Morgan fingerprint density at radius 1 is 1.03 bits per heavy atom. The molecule has 0 N–H and O–H groups in total. The van der Waals surface area contributed by atoms with Crippen LogP contribution in [0, 0.1) is 0 Å². The molecule has 31 heavy (non-hydrogen) atoms. The van der Waals surface area contributed by atoms with Crippen molar-refractivity contribution >= 4 is 11.8 Å². The van der Waals surface area contributed by atoms with Gasteiger partial charge in [-0.15, -0.1) is 0 Å². The van der Waals surface area contributed by atoms with Crippen molar-refractivity contribution in [2.45, 2.75) is 19.3 Å². The molecule has 1 aliphatic carbocycles. The molecule has 0 aromatic heterocycles. The fourth-order valence-corrected chi connectivity index (χ4v) is 3.65. The average molecular weight is 411 g/mol. The van der Waals surface area contributed by atoms with Crippen LogP contribution in [-0.4, -0.2) is 18.4 Å². The molecule has 3 rings (SSSR count). The number of aryl methyl sites for hydroxylation is 2. The van der Waals surface area contributed by atoms with Crippen molar-refractivity contribution in [1.82, 2.24) is 0 Å². The van der Waals surface area contributed by atoms with Crippen LogP contribution in [0.1, 0.15) is 37.4 Å². The van der Waals surface area contributed by atoms with Crippen LogP contribution in [0.4, 0.5) is 0 Å². The normalized spacial score (nSPS) is 13.1. The van der Waals surface area contributed by atoms with Crippen LogP contribution in [0.2, 0.25) is 0 Å². The summed E-state index contributed by atoms with van der Waals surface area (Å²) < 4.78 is 5.11. The van der Waals surface area contributed by atoms with Crippen LogP contribution >= 0.6 is 0 Å². The molecule has 0 fully saturated rings. The first-order chi connectivity index (χ1) is 15.1. The van der Waals surface area contributed by atoms with Gasteiger partial charge >= 0.3 is 5.97 Å². The number of benzene rings is 2. The SMILES string of the molecule is C=C/C=C(\C=C)C1=CCc2cc(CCc3cccc(C(=O)OCC=C)c3)ccc2C1=O. The summed E-state index contributed by atoms with van der Waals surface area (Å²) in [5, 5.41) is 0. The van der Waals surface area contributed by atoms with E-state index in [1.807, 2.05) is 36.4 Å². The number of allylic oxidation sites excluding steroid dienone is 6. The highest BCUT2D eigenvalue weighted by Crippen LogP contribution is 2.27. The van der Waals surface area contributed by atoms with Gasteiger partial charge in [0, 0.05) is 11.1 Å². The summed E-state index contributed by atoms with van der Waals surface area (Å²) >= 11 is 0. The van der Waals surface area contributed by atoms with Crippen LogP contribution < -0.4 is 0 Å². The highest BCUT2D eigenvalue weighted by atomic mass is 16.5. The Morgan fingerprint density at radius 2 is 1.81 bits per heavy atom. The van der Waals surface area contributed by atoms with Crippen LogP contribution in [-0.2, 0) is 24.0 Å². The molecule has 0 atom stereocenters. The number of esters is 1. The Hall–Kier alpha value is -3.72. The lowest BCUT2D eigenvalue weighted by Gasteiger charge is -2.18. The van der Waals surface area contributed by atoms with E-state index in [2.05, 4.69) is 25.8 Å². The van der Waals surface area contributed by atoms with Gasteiger partial charge in [-0.1, -0.05) is 80.4 Å². The average Bonchev–Trinajstić information content (AvgIpc) is 2.80. The molecule has 0 aliphatic heterocycles. The van der Waals surface area contributed by atoms with Gasteiger partial charge in [-0.05, 0) is 53.7 Å². The lowest BCUT2D eigenvalue weighted by atomic mass is 9.85. The lowest BCUT2D eigenvalue weighted by Crippen LogP contribution is -2.14. The minimum absolute atomic E-state index is 0.0199. The summed E-state index contributed by atoms with van der Waals surface area (Å²) in [7, 11) is 0. The topological polar surface area (TPSA) is 43.4 Å². The highest BCUT2D eigenvalue weighted by Gasteiger charge is 2.22. The summed E-state index contributed by atoms with van der Waals surface area (Å²) in [4.78, 5) is 25.0. The molecule has 3 heteroatoms. The minimum Gasteiger partial charge on any atom is -0.458 e. The zero-order valence-corrected chi connectivity index (χ0v) is 17.6. The number of hydrogen-bond donors (Lipinski definition) is 0. The second kappa shape index (κ2) is 10.4. The number of carbonyl (C=O) groups excluding carboxylic acids is 2. The summed E-state index contributed by atoms with van der Waals surface area (Å²) in [6.45, 7) is 11.3. The van der Waals surface area contributed by atoms with Gasteiger partial charge < -0.3 is 4.74 Å². The van der Waals surface area contributed by atoms with Crippen molar-refractivity contribution in [3.8, 4) is 0 Å². The van der Waals surface area contributed by atoms with E-state index in [0.29, 0.717) is 17.6 Å². The van der Waals surface area contributed by atoms with Gasteiger partial charge in [0.1, 0.15) is 6.61 Å². The summed E-state index contributed by atoms with van der Waals surface area (Å²) in [6.07, 6.45) is 11.0. The van der Waals surface area contributed by atoms with E-state index in [1.54, 1.807) is 30.4 Å². The van der Waals surface area contributed by atoms with Crippen molar-refractivity contribution in [3.63, 3.8) is 0 Å². The number of hydrogen-bond acceptors (Lipinski definition) is 3. The van der Waals surface area contributed by atoms with E-state index < -0.39 is 0 Å². The molecule has 2 aromatic carbocycles. The smallest absolute Gasteiger partial charge is 0.338 e.